The molecule has 3 rings (SSSR count). The number of rotatable bonds is 5. The van der Waals surface area contributed by atoms with Crippen molar-refractivity contribution in [1.82, 2.24) is 0 Å². The summed E-state index contributed by atoms with van der Waals surface area (Å²) < 4.78 is 2.26. The Kier molecular flexibility index (Phi) is 5.97. The fourth-order valence-electron chi connectivity index (χ4n) is 2.35. The van der Waals surface area contributed by atoms with Crippen molar-refractivity contribution in [2.24, 2.45) is 0 Å². The second-order valence-electron chi connectivity index (χ2n) is 5.18. The van der Waals surface area contributed by atoms with Gasteiger partial charge in [0.2, 0.25) is 0 Å². The molecule has 0 bridgehead atoms. The molecule has 2 nitrogen and oxygen atoms in total. The highest BCUT2D eigenvalue weighted by atomic mass is 35.5. The van der Waals surface area contributed by atoms with Crippen LogP contribution in [-0.4, -0.2) is 0 Å². The van der Waals surface area contributed by atoms with Crippen molar-refractivity contribution >= 4 is 22.2 Å². The number of hydrogen-bond donors (Lipinski definition) is 1. The lowest BCUT2D eigenvalue weighted by Crippen LogP contribution is -3.00. The van der Waals surface area contributed by atoms with E-state index in [-0.39, 0.29) is 12.4 Å². The van der Waals surface area contributed by atoms with Crippen molar-refractivity contribution in [3.63, 3.8) is 0 Å². The second-order valence-corrected chi connectivity index (χ2v) is 6.04. The predicted molar refractivity (Wildman–Crippen MR) is 94.6 cm³/mol. The molecule has 1 aromatic heterocycles. The van der Waals surface area contributed by atoms with E-state index in [0.717, 1.165) is 17.4 Å². The largest absolute Gasteiger partial charge is 1.00 e. The zero-order valence-corrected chi connectivity index (χ0v) is 14.6. The lowest BCUT2D eigenvalue weighted by Gasteiger charge is -2.04. The third-order valence-electron chi connectivity index (χ3n) is 3.50. The first-order valence-corrected chi connectivity index (χ1v) is 8.17. The Hall–Kier alpha value is -2.10. The Balaban J connectivity index is 0.00000192. The van der Waals surface area contributed by atoms with Crippen LogP contribution in [0.2, 0.25) is 0 Å². The minimum Gasteiger partial charge on any atom is -1.00 e. The molecule has 23 heavy (non-hydrogen) atoms. The lowest BCUT2D eigenvalue weighted by atomic mass is 10.2. The number of anilines is 2. The highest BCUT2D eigenvalue weighted by Crippen LogP contribution is 2.25. The molecule has 0 aliphatic carbocycles. The Bertz CT molecular complexity index is 764. The summed E-state index contributed by atoms with van der Waals surface area (Å²) in [6.45, 7) is 6.76. The minimum absolute atomic E-state index is 0. The average Bonchev–Trinajstić information content (AvgIpc) is 2.94. The molecule has 0 saturated heterocycles. The standard InChI is InChI=1S/C19H18N2S.ClH/c1-3-13-21-18(16-7-5-4-6-8-16)14-22-19(21)20-17-11-9-15(2)10-12-17;/h3-12,14H,1,13H2,2H3;1H. The Labute approximate surface area is 147 Å². The van der Waals surface area contributed by atoms with Crippen molar-refractivity contribution in [1.29, 1.82) is 0 Å². The van der Waals surface area contributed by atoms with Gasteiger partial charge in [-0.15, -0.1) is 0 Å². The van der Waals surface area contributed by atoms with Crippen molar-refractivity contribution < 1.29 is 17.0 Å². The molecule has 0 radical (unpaired) electrons. The monoisotopic (exact) mass is 342 g/mol. The van der Waals surface area contributed by atoms with Gasteiger partial charge in [-0.1, -0.05) is 72.0 Å². The highest BCUT2D eigenvalue weighted by molar-refractivity contribution is 7.13. The molecular weight excluding hydrogens is 324 g/mol. The fraction of sp³-hybridized carbons (Fsp3) is 0.105. The summed E-state index contributed by atoms with van der Waals surface area (Å²) in [4.78, 5) is 0. The van der Waals surface area contributed by atoms with Crippen LogP contribution in [0.4, 0.5) is 10.8 Å². The molecule has 0 unspecified atom stereocenters. The van der Waals surface area contributed by atoms with Crippen LogP contribution < -0.4 is 22.3 Å². The normalized spacial score (nSPS) is 9.96. The van der Waals surface area contributed by atoms with Crippen LogP contribution in [-0.2, 0) is 6.54 Å². The van der Waals surface area contributed by atoms with Crippen LogP contribution in [0, 0.1) is 6.92 Å². The summed E-state index contributed by atoms with van der Waals surface area (Å²) in [5.74, 6) is 0. The fourth-order valence-corrected chi connectivity index (χ4v) is 3.31. The Morgan fingerprint density at radius 1 is 1.09 bits per heavy atom. The minimum atomic E-state index is 0. The first-order valence-electron chi connectivity index (χ1n) is 7.29. The van der Waals surface area contributed by atoms with Gasteiger partial charge in [-0.2, -0.15) is 0 Å². The quantitative estimate of drug-likeness (QED) is 0.553. The van der Waals surface area contributed by atoms with E-state index in [0.29, 0.717) is 0 Å². The smallest absolute Gasteiger partial charge is 0.339 e. The molecule has 0 saturated carbocycles. The van der Waals surface area contributed by atoms with Crippen molar-refractivity contribution in [3.05, 3.63) is 78.2 Å². The molecule has 0 aliphatic rings. The number of thiazole rings is 1. The summed E-state index contributed by atoms with van der Waals surface area (Å²) >= 11 is 1.71. The van der Waals surface area contributed by atoms with Crippen LogP contribution in [0.3, 0.4) is 0 Å². The van der Waals surface area contributed by atoms with Crippen LogP contribution in [0.5, 0.6) is 0 Å². The van der Waals surface area contributed by atoms with Gasteiger partial charge in [-0.25, -0.2) is 9.88 Å². The van der Waals surface area contributed by atoms with Gasteiger partial charge in [0, 0.05) is 10.9 Å². The van der Waals surface area contributed by atoms with Gasteiger partial charge in [0.05, 0.1) is 0 Å². The van der Waals surface area contributed by atoms with E-state index in [1.54, 1.807) is 11.3 Å². The van der Waals surface area contributed by atoms with E-state index in [1.165, 1.54) is 16.8 Å². The number of nitrogens with one attached hydrogen (secondary N) is 1. The predicted octanol–water partition coefficient (Wildman–Crippen LogP) is 1.94. The van der Waals surface area contributed by atoms with E-state index in [1.807, 2.05) is 12.1 Å². The number of nitrogens with zero attached hydrogens (tertiary/aromatic N) is 1. The molecule has 1 N–H and O–H groups in total. The Morgan fingerprint density at radius 2 is 1.78 bits per heavy atom. The van der Waals surface area contributed by atoms with Crippen LogP contribution in [0.1, 0.15) is 5.56 Å². The molecule has 1 heterocycles. The van der Waals surface area contributed by atoms with Gasteiger partial charge in [0.1, 0.15) is 17.9 Å². The SMILES string of the molecule is C=CC[n+]1c(-c2ccccc2)csc1Nc1ccc(C)cc1.[Cl-]. The van der Waals surface area contributed by atoms with Gasteiger partial charge in [0.25, 0.3) is 0 Å². The molecule has 118 valence electrons. The molecule has 2 aromatic carbocycles. The molecule has 0 amide bonds. The molecule has 0 aliphatic heterocycles. The van der Waals surface area contributed by atoms with E-state index in [4.69, 9.17) is 0 Å². The molecule has 3 aromatic rings. The van der Waals surface area contributed by atoms with E-state index >= 15 is 0 Å². The zero-order valence-electron chi connectivity index (χ0n) is 13.0. The number of allylic oxidation sites excluding steroid dienone is 1. The molecule has 0 spiro atoms. The summed E-state index contributed by atoms with van der Waals surface area (Å²) in [7, 11) is 0. The zero-order chi connectivity index (χ0) is 15.4. The summed E-state index contributed by atoms with van der Waals surface area (Å²) in [6.07, 6.45) is 1.93. The lowest BCUT2D eigenvalue weighted by molar-refractivity contribution is -0.657. The average molecular weight is 343 g/mol. The Morgan fingerprint density at radius 3 is 2.43 bits per heavy atom. The van der Waals surface area contributed by atoms with Gasteiger partial charge in [-0.3, -0.25) is 0 Å². The van der Waals surface area contributed by atoms with Gasteiger partial charge < -0.3 is 12.4 Å². The molecule has 0 fully saturated rings. The molecular formula is C19H19ClN2S. The maximum atomic E-state index is 3.89. The number of hydrogen-bond acceptors (Lipinski definition) is 2. The topological polar surface area (TPSA) is 15.9 Å². The second kappa shape index (κ2) is 7.95. The third kappa shape index (κ3) is 4.01. The van der Waals surface area contributed by atoms with Crippen molar-refractivity contribution in [2.75, 3.05) is 5.32 Å². The van der Waals surface area contributed by atoms with Gasteiger partial charge >= 0.3 is 5.13 Å². The molecule has 0 atom stereocenters. The van der Waals surface area contributed by atoms with Crippen molar-refractivity contribution in [3.8, 4) is 11.3 Å². The van der Waals surface area contributed by atoms with E-state index in [2.05, 4.69) is 77.3 Å². The number of aromatic nitrogens is 1. The van der Waals surface area contributed by atoms with Crippen molar-refractivity contribution in [2.45, 2.75) is 13.5 Å². The van der Waals surface area contributed by atoms with Crippen LogP contribution >= 0.6 is 11.3 Å². The third-order valence-corrected chi connectivity index (χ3v) is 4.39. The van der Waals surface area contributed by atoms with Crippen LogP contribution in [0.25, 0.3) is 11.3 Å². The molecule has 4 heteroatoms. The number of aryl methyl sites for hydroxylation is 1. The summed E-state index contributed by atoms with van der Waals surface area (Å²) in [5.41, 5.74) is 4.79. The van der Waals surface area contributed by atoms with Gasteiger partial charge in [-0.05, 0) is 19.1 Å². The maximum Gasteiger partial charge on any atom is 0.339 e. The first kappa shape index (κ1) is 17.3. The van der Waals surface area contributed by atoms with Gasteiger partial charge in [0.15, 0.2) is 0 Å². The maximum absolute atomic E-state index is 3.89. The van der Waals surface area contributed by atoms with Crippen LogP contribution in [0.15, 0.2) is 72.6 Å². The summed E-state index contributed by atoms with van der Waals surface area (Å²) in [6, 6.07) is 18.9. The summed E-state index contributed by atoms with van der Waals surface area (Å²) in [5, 5.41) is 6.81. The highest BCUT2D eigenvalue weighted by Gasteiger charge is 2.18. The van der Waals surface area contributed by atoms with E-state index < -0.39 is 0 Å². The number of benzene rings is 2. The number of halogens is 1. The first-order chi connectivity index (χ1) is 10.8. The van der Waals surface area contributed by atoms with E-state index in [9.17, 15) is 0 Å².